The molecule has 0 aliphatic rings. The number of aromatic nitrogens is 1. The van der Waals surface area contributed by atoms with E-state index in [0.717, 1.165) is 11.8 Å². The van der Waals surface area contributed by atoms with Gasteiger partial charge in [0.2, 0.25) is 0 Å². The van der Waals surface area contributed by atoms with Crippen LogP contribution in [0.25, 0.3) is 0 Å². The van der Waals surface area contributed by atoms with Gasteiger partial charge in [-0.3, -0.25) is 20.6 Å². The van der Waals surface area contributed by atoms with Gasteiger partial charge in [-0.25, -0.2) is 0 Å². The van der Waals surface area contributed by atoms with E-state index in [9.17, 15) is 4.79 Å². The summed E-state index contributed by atoms with van der Waals surface area (Å²) < 4.78 is 0. The summed E-state index contributed by atoms with van der Waals surface area (Å²) in [5.74, 6) is 0. The zero-order chi connectivity index (χ0) is 9.68. The van der Waals surface area contributed by atoms with Gasteiger partial charge >= 0.3 is 0 Å². The number of nitrogens with zero attached hydrogens (tertiary/aromatic N) is 1. The van der Waals surface area contributed by atoms with Crippen LogP contribution in [0.2, 0.25) is 0 Å². The molecule has 0 aliphatic heterocycles. The minimum Gasteiger partial charge on any atom is -0.296 e. The van der Waals surface area contributed by atoms with Crippen molar-refractivity contribution in [1.29, 1.82) is 10.8 Å². The smallest absolute Gasteiger partial charge is 0.174 e. The molecule has 0 amide bonds. The minimum absolute atomic E-state index is 0.109. The standard InChI is InChI=1S/C8H7N3OS/c9-7(5-12)13-8(10)6-3-1-2-4-11-6/h1-5,9-10H. The summed E-state index contributed by atoms with van der Waals surface area (Å²) in [7, 11) is 0. The molecule has 0 spiro atoms. The van der Waals surface area contributed by atoms with Gasteiger partial charge in [0, 0.05) is 6.20 Å². The second-order valence-electron chi connectivity index (χ2n) is 2.13. The van der Waals surface area contributed by atoms with E-state index in [-0.39, 0.29) is 10.1 Å². The van der Waals surface area contributed by atoms with Gasteiger partial charge in [-0.15, -0.1) is 0 Å². The van der Waals surface area contributed by atoms with Crippen molar-refractivity contribution in [1.82, 2.24) is 4.98 Å². The maximum atomic E-state index is 10.1. The average molecular weight is 193 g/mol. The molecule has 5 heteroatoms. The predicted molar refractivity (Wildman–Crippen MR) is 52.4 cm³/mol. The van der Waals surface area contributed by atoms with E-state index in [1.165, 1.54) is 0 Å². The number of hydrogen-bond donors (Lipinski definition) is 2. The highest BCUT2D eigenvalue weighted by Gasteiger charge is 2.05. The molecule has 0 aromatic carbocycles. The van der Waals surface area contributed by atoms with Crippen LogP contribution in [0.3, 0.4) is 0 Å². The molecule has 0 atom stereocenters. The van der Waals surface area contributed by atoms with Crippen molar-refractivity contribution in [3.05, 3.63) is 30.1 Å². The number of rotatable bonds is 2. The lowest BCUT2D eigenvalue weighted by atomic mass is 10.4. The Hall–Kier alpha value is -1.49. The number of aldehydes is 1. The Morgan fingerprint density at radius 3 is 2.77 bits per heavy atom. The minimum atomic E-state index is -0.185. The van der Waals surface area contributed by atoms with E-state index < -0.39 is 0 Å². The monoisotopic (exact) mass is 193 g/mol. The number of carbonyl (C=O) groups is 1. The highest BCUT2D eigenvalue weighted by Crippen LogP contribution is 2.09. The maximum Gasteiger partial charge on any atom is 0.174 e. The molecule has 0 fully saturated rings. The van der Waals surface area contributed by atoms with Gasteiger partial charge in [-0.1, -0.05) is 6.07 Å². The molecule has 0 saturated heterocycles. The molecule has 1 heterocycles. The first-order chi connectivity index (χ1) is 6.24. The summed E-state index contributed by atoms with van der Waals surface area (Å²) in [4.78, 5) is 14.0. The highest BCUT2D eigenvalue weighted by molar-refractivity contribution is 8.28. The number of pyridine rings is 1. The largest absolute Gasteiger partial charge is 0.296 e. The van der Waals surface area contributed by atoms with Crippen molar-refractivity contribution < 1.29 is 4.79 Å². The lowest BCUT2D eigenvalue weighted by Gasteiger charge is -1.98. The molecule has 0 unspecified atom stereocenters. The summed E-state index contributed by atoms with van der Waals surface area (Å²) in [5.41, 5.74) is 0.471. The second-order valence-corrected chi connectivity index (χ2v) is 3.18. The third-order valence-corrected chi connectivity index (χ3v) is 1.95. The number of thioether (sulfide) groups is 1. The molecule has 1 rings (SSSR count). The molecule has 0 bridgehead atoms. The summed E-state index contributed by atoms with van der Waals surface area (Å²) in [6, 6.07) is 5.15. The summed E-state index contributed by atoms with van der Waals surface area (Å²) in [6.45, 7) is 0. The van der Waals surface area contributed by atoms with Crippen LogP contribution in [0.1, 0.15) is 5.69 Å². The molecule has 4 nitrogen and oxygen atoms in total. The van der Waals surface area contributed by atoms with E-state index >= 15 is 0 Å². The lowest BCUT2D eigenvalue weighted by molar-refractivity contribution is -0.102. The molecule has 13 heavy (non-hydrogen) atoms. The van der Waals surface area contributed by atoms with Gasteiger partial charge in [-0.05, 0) is 23.9 Å². The molecule has 0 saturated carbocycles. The first kappa shape index (κ1) is 9.60. The molecule has 1 aromatic heterocycles. The maximum absolute atomic E-state index is 10.1. The summed E-state index contributed by atoms with van der Waals surface area (Å²) in [6.07, 6.45) is 1.97. The molecule has 2 N–H and O–H groups in total. The van der Waals surface area contributed by atoms with Crippen molar-refractivity contribution in [2.75, 3.05) is 0 Å². The van der Waals surface area contributed by atoms with E-state index in [1.54, 1.807) is 24.4 Å². The Labute approximate surface area is 79.4 Å². The molecule has 0 aliphatic carbocycles. The van der Waals surface area contributed by atoms with Crippen molar-refractivity contribution in [2.24, 2.45) is 0 Å². The Bertz CT molecular complexity index is 337. The van der Waals surface area contributed by atoms with Crippen molar-refractivity contribution in [2.45, 2.75) is 0 Å². The average Bonchev–Trinajstić information content (AvgIpc) is 2.19. The Kier molecular flexibility index (Phi) is 3.33. The molecular formula is C8H7N3OS. The zero-order valence-electron chi connectivity index (χ0n) is 6.65. The lowest BCUT2D eigenvalue weighted by Crippen LogP contribution is -2.01. The second kappa shape index (κ2) is 4.51. The van der Waals surface area contributed by atoms with Crippen LogP contribution in [0.5, 0.6) is 0 Å². The van der Waals surface area contributed by atoms with Gasteiger partial charge in [0.1, 0.15) is 10.1 Å². The fourth-order valence-corrected chi connectivity index (χ4v) is 1.18. The van der Waals surface area contributed by atoms with Gasteiger partial charge in [0.05, 0.1) is 5.69 Å². The van der Waals surface area contributed by atoms with Crippen molar-refractivity contribution in [3.63, 3.8) is 0 Å². The third-order valence-electron chi connectivity index (χ3n) is 1.22. The van der Waals surface area contributed by atoms with Crippen molar-refractivity contribution >= 4 is 28.1 Å². The van der Waals surface area contributed by atoms with E-state index in [1.807, 2.05) is 0 Å². The molecule has 66 valence electrons. The summed E-state index contributed by atoms with van der Waals surface area (Å²) in [5, 5.41) is 14.4. The highest BCUT2D eigenvalue weighted by atomic mass is 32.2. The first-order valence-corrected chi connectivity index (χ1v) is 4.27. The Morgan fingerprint density at radius 1 is 1.46 bits per heavy atom. The fraction of sp³-hybridized carbons (Fsp3) is 0. The number of carbonyl (C=O) groups excluding carboxylic acids is 1. The number of hydrogen-bond acceptors (Lipinski definition) is 5. The zero-order valence-corrected chi connectivity index (χ0v) is 7.47. The SMILES string of the molecule is N=C(C=O)SC(=N)c1ccccn1. The normalized spacial score (nSPS) is 9.23. The van der Waals surface area contributed by atoms with E-state index in [0.29, 0.717) is 12.0 Å². The number of nitrogens with one attached hydrogen (secondary N) is 2. The van der Waals surface area contributed by atoms with Crippen LogP contribution in [0.4, 0.5) is 0 Å². The topological polar surface area (TPSA) is 77.7 Å². The van der Waals surface area contributed by atoms with Crippen molar-refractivity contribution in [3.8, 4) is 0 Å². The van der Waals surface area contributed by atoms with Crippen LogP contribution in [0, 0.1) is 10.8 Å². The fourth-order valence-electron chi connectivity index (χ4n) is 0.683. The molecule has 0 radical (unpaired) electrons. The van der Waals surface area contributed by atoms with Crippen LogP contribution >= 0.6 is 11.8 Å². The molecule has 1 aromatic rings. The van der Waals surface area contributed by atoms with Crippen LogP contribution in [0.15, 0.2) is 24.4 Å². The quantitative estimate of drug-likeness (QED) is 0.422. The van der Waals surface area contributed by atoms with E-state index in [2.05, 4.69) is 4.98 Å². The van der Waals surface area contributed by atoms with Gasteiger partial charge < -0.3 is 0 Å². The third kappa shape index (κ3) is 2.79. The molecular weight excluding hydrogens is 186 g/mol. The van der Waals surface area contributed by atoms with Gasteiger partial charge in [0.25, 0.3) is 0 Å². The Balaban J connectivity index is 2.70. The van der Waals surface area contributed by atoms with Gasteiger partial charge in [-0.2, -0.15) is 0 Å². The first-order valence-electron chi connectivity index (χ1n) is 3.45. The summed E-state index contributed by atoms with van der Waals surface area (Å²) >= 11 is 0.789. The van der Waals surface area contributed by atoms with Gasteiger partial charge in [0.15, 0.2) is 6.29 Å². The predicted octanol–water partition coefficient (Wildman–Crippen LogP) is 1.32. The Morgan fingerprint density at radius 2 is 2.23 bits per heavy atom. The van der Waals surface area contributed by atoms with Crippen LogP contribution in [-0.2, 0) is 4.79 Å². The van der Waals surface area contributed by atoms with Crippen LogP contribution in [-0.4, -0.2) is 21.4 Å². The van der Waals surface area contributed by atoms with E-state index in [4.69, 9.17) is 10.8 Å². The van der Waals surface area contributed by atoms with Crippen LogP contribution < -0.4 is 0 Å².